The Bertz CT molecular complexity index is 536. The largest absolute Gasteiger partial charge is 0.458 e. The highest BCUT2D eigenvalue weighted by Gasteiger charge is 2.27. The average Bonchev–Trinajstić information content (AvgIpc) is 2.28. The summed E-state index contributed by atoms with van der Waals surface area (Å²) in [7, 11) is -3.10. The number of esters is 1. The van der Waals surface area contributed by atoms with Gasteiger partial charge in [0.05, 0.1) is 17.1 Å². The normalized spacial score (nSPS) is 22.4. The molecule has 0 bridgehead atoms. The summed E-state index contributed by atoms with van der Waals surface area (Å²) < 4.78 is 40.6. The molecule has 0 radical (unpaired) electrons. The van der Waals surface area contributed by atoms with E-state index in [0.29, 0.717) is 12.8 Å². The van der Waals surface area contributed by atoms with Crippen molar-refractivity contribution in [3.63, 3.8) is 0 Å². The van der Waals surface area contributed by atoms with Crippen molar-refractivity contribution in [2.75, 3.05) is 11.5 Å². The van der Waals surface area contributed by atoms with Crippen LogP contribution in [0.15, 0.2) is 24.3 Å². The fourth-order valence-corrected chi connectivity index (χ4v) is 3.45. The lowest BCUT2D eigenvalue weighted by Crippen LogP contribution is -2.33. The van der Waals surface area contributed by atoms with Gasteiger partial charge in [0.25, 0.3) is 0 Å². The van der Waals surface area contributed by atoms with Gasteiger partial charge in [0, 0.05) is 0 Å². The van der Waals surface area contributed by atoms with Gasteiger partial charge in [-0.2, -0.15) is 0 Å². The van der Waals surface area contributed by atoms with E-state index >= 15 is 0 Å². The zero-order valence-corrected chi connectivity index (χ0v) is 10.5. The minimum atomic E-state index is -3.10. The van der Waals surface area contributed by atoms with Crippen molar-refractivity contribution in [1.82, 2.24) is 0 Å². The number of carbonyl (C=O) groups is 1. The van der Waals surface area contributed by atoms with E-state index in [-0.39, 0.29) is 17.1 Å². The number of hydrogen-bond acceptors (Lipinski definition) is 4. The van der Waals surface area contributed by atoms with Gasteiger partial charge in [-0.3, -0.25) is 0 Å². The molecule has 98 valence electrons. The third kappa shape index (κ3) is 3.29. The Morgan fingerprint density at radius 1 is 1.28 bits per heavy atom. The smallest absolute Gasteiger partial charge is 0.338 e. The highest BCUT2D eigenvalue weighted by atomic mass is 32.2. The van der Waals surface area contributed by atoms with Gasteiger partial charge in [0.15, 0.2) is 9.84 Å². The lowest BCUT2D eigenvalue weighted by Gasteiger charge is -2.22. The van der Waals surface area contributed by atoms with Crippen molar-refractivity contribution < 1.29 is 22.3 Å². The molecule has 0 amide bonds. The fraction of sp³-hybridized carbons (Fsp3) is 0.417. The van der Waals surface area contributed by atoms with E-state index in [1.165, 1.54) is 12.1 Å². The van der Waals surface area contributed by atoms with Gasteiger partial charge in [0.1, 0.15) is 11.9 Å². The zero-order valence-electron chi connectivity index (χ0n) is 9.63. The van der Waals surface area contributed by atoms with Gasteiger partial charge < -0.3 is 4.74 Å². The molecule has 1 saturated heterocycles. The number of benzene rings is 1. The molecule has 0 N–H and O–H groups in total. The molecular formula is C12H13FO4S. The summed E-state index contributed by atoms with van der Waals surface area (Å²) in [5.41, 5.74) is 0.222. The summed E-state index contributed by atoms with van der Waals surface area (Å²) in [4.78, 5) is 11.7. The van der Waals surface area contributed by atoms with Crippen molar-refractivity contribution >= 4 is 15.8 Å². The van der Waals surface area contributed by atoms with Gasteiger partial charge in [-0.1, -0.05) is 0 Å². The predicted molar refractivity (Wildman–Crippen MR) is 63.5 cm³/mol. The van der Waals surface area contributed by atoms with E-state index in [0.717, 1.165) is 12.1 Å². The quantitative estimate of drug-likeness (QED) is 0.767. The second kappa shape index (κ2) is 5.06. The lowest BCUT2D eigenvalue weighted by molar-refractivity contribution is 0.0323. The molecular weight excluding hydrogens is 259 g/mol. The molecule has 1 heterocycles. The van der Waals surface area contributed by atoms with Crippen LogP contribution in [0.1, 0.15) is 23.2 Å². The first kappa shape index (κ1) is 13.0. The highest BCUT2D eigenvalue weighted by Crippen LogP contribution is 2.17. The molecule has 1 aliphatic rings. The number of halogens is 1. The second-order valence-electron chi connectivity index (χ2n) is 4.29. The third-order valence-electron chi connectivity index (χ3n) is 2.77. The van der Waals surface area contributed by atoms with E-state index in [2.05, 4.69) is 0 Å². The van der Waals surface area contributed by atoms with E-state index in [1.54, 1.807) is 0 Å². The topological polar surface area (TPSA) is 60.4 Å². The van der Waals surface area contributed by atoms with Crippen molar-refractivity contribution in [1.29, 1.82) is 0 Å². The molecule has 1 aliphatic heterocycles. The summed E-state index contributed by atoms with van der Waals surface area (Å²) in [6, 6.07) is 4.95. The summed E-state index contributed by atoms with van der Waals surface area (Å²) in [5.74, 6) is -1.03. The standard InChI is InChI=1S/C12H13FO4S/c13-10-5-3-9(4-6-10)12(14)17-11-2-1-7-18(15,16)8-11/h3-6,11H,1-2,7-8H2/t11-/m0/s1. The summed E-state index contributed by atoms with van der Waals surface area (Å²) in [6.45, 7) is 0. The van der Waals surface area contributed by atoms with Crippen molar-refractivity contribution in [2.45, 2.75) is 18.9 Å². The molecule has 0 aliphatic carbocycles. The summed E-state index contributed by atoms with van der Waals surface area (Å²) >= 11 is 0. The van der Waals surface area contributed by atoms with Crippen molar-refractivity contribution in [2.24, 2.45) is 0 Å². The van der Waals surface area contributed by atoms with Crippen LogP contribution in [0.3, 0.4) is 0 Å². The van der Waals surface area contributed by atoms with Crippen molar-refractivity contribution in [3.8, 4) is 0 Å². The maximum absolute atomic E-state index is 12.7. The first-order chi connectivity index (χ1) is 8.46. The molecule has 1 fully saturated rings. The number of rotatable bonds is 2. The minimum Gasteiger partial charge on any atom is -0.458 e. The van der Waals surface area contributed by atoms with Crippen molar-refractivity contribution in [3.05, 3.63) is 35.6 Å². The number of sulfone groups is 1. The SMILES string of the molecule is O=C(O[C@H]1CCCS(=O)(=O)C1)c1ccc(F)cc1. The maximum Gasteiger partial charge on any atom is 0.338 e. The fourth-order valence-electron chi connectivity index (χ4n) is 1.88. The molecule has 18 heavy (non-hydrogen) atoms. The van der Waals surface area contributed by atoms with Gasteiger partial charge in [-0.25, -0.2) is 17.6 Å². The molecule has 0 spiro atoms. The van der Waals surface area contributed by atoms with Gasteiger partial charge in [-0.05, 0) is 37.1 Å². The zero-order chi connectivity index (χ0) is 13.2. The van der Waals surface area contributed by atoms with Crippen LogP contribution in [-0.4, -0.2) is 32.0 Å². The van der Waals surface area contributed by atoms with Crippen LogP contribution < -0.4 is 0 Å². The van der Waals surface area contributed by atoms with Crippen LogP contribution in [0.25, 0.3) is 0 Å². The molecule has 1 aromatic rings. The molecule has 0 aromatic heterocycles. The van der Waals surface area contributed by atoms with E-state index in [4.69, 9.17) is 4.74 Å². The molecule has 0 unspecified atom stereocenters. The van der Waals surface area contributed by atoms with Crippen LogP contribution in [0.4, 0.5) is 4.39 Å². The van der Waals surface area contributed by atoms with Gasteiger partial charge in [-0.15, -0.1) is 0 Å². The van der Waals surface area contributed by atoms with Crippen LogP contribution >= 0.6 is 0 Å². The summed E-state index contributed by atoms with van der Waals surface area (Å²) in [6.07, 6.45) is 0.455. The Morgan fingerprint density at radius 3 is 2.56 bits per heavy atom. The van der Waals surface area contributed by atoms with Crippen LogP contribution in [0.5, 0.6) is 0 Å². The minimum absolute atomic E-state index is 0.125. The second-order valence-corrected chi connectivity index (χ2v) is 6.52. The molecule has 0 saturated carbocycles. The number of hydrogen-bond donors (Lipinski definition) is 0. The molecule has 1 atom stereocenters. The van der Waals surface area contributed by atoms with Crippen LogP contribution in [0.2, 0.25) is 0 Å². The monoisotopic (exact) mass is 272 g/mol. The Hall–Kier alpha value is -1.43. The van der Waals surface area contributed by atoms with E-state index < -0.39 is 27.7 Å². The molecule has 2 rings (SSSR count). The maximum atomic E-state index is 12.7. The van der Waals surface area contributed by atoms with Gasteiger partial charge in [0.2, 0.25) is 0 Å². The van der Waals surface area contributed by atoms with Crippen LogP contribution in [-0.2, 0) is 14.6 Å². The Kier molecular flexibility index (Phi) is 3.65. The Balaban J connectivity index is 2.01. The average molecular weight is 272 g/mol. The van der Waals surface area contributed by atoms with E-state index in [1.807, 2.05) is 0 Å². The molecule has 6 heteroatoms. The Labute approximate surface area is 105 Å². The third-order valence-corrected chi connectivity index (χ3v) is 4.57. The molecule has 4 nitrogen and oxygen atoms in total. The predicted octanol–water partition coefficient (Wildman–Crippen LogP) is 1.56. The lowest BCUT2D eigenvalue weighted by atomic mass is 10.2. The first-order valence-corrected chi connectivity index (χ1v) is 7.45. The Morgan fingerprint density at radius 2 is 1.94 bits per heavy atom. The highest BCUT2D eigenvalue weighted by molar-refractivity contribution is 7.91. The number of carbonyl (C=O) groups excluding carboxylic acids is 1. The van der Waals surface area contributed by atoms with Crippen LogP contribution in [0, 0.1) is 5.82 Å². The summed E-state index contributed by atoms with van der Waals surface area (Å²) in [5, 5.41) is 0. The van der Waals surface area contributed by atoms with E-state index in [9.17, 15) is 17.6 Å². The molecule has 1 aromatic carbocycles. The first-order valence-electron chi connectivity index (χ1n) is 5.63. The number of ether oxygens (including phenoxy) is 1. The van der Waals surface area contributed by atoms with Gasteiger partial charge >= 0.3 is 5.97 Å².